The maximum Gasteiger partial charge on any atom is 0.236 e. The molecule has 0 heterocycles. The van der Waals surface area contributed by atoms with E-state index in [0.29, 0.717) is 6.04 Å². The number of nitrogens with one attached hydrogen (secondary N) is 3. The average molecular weight is 483 g/mol. The summed E-state index contributed by atoms with van der Waals surface area (Å²) in [7, 11) is 1.90. The maximum absolute atomic E-state index is 11.4. The van der Waals surface area contributed by atoms with Gasteiger partial charge in [-0.25, -0.2) is 0 Å². The molecule has 0 aliphatic rings. The Kier molecular flexibility index (Phi) is 16.3. The van der Waals surface area contributed by atoms with Crippen molar-refractivity contribution in [2.45, 2.75) is 77.4 Å². The molecule has 2 atom stereocenters. The van der Waals surface area contributed by atoms with E-state index >= 15 is 0 Å². The van der Waals surface area contributed by atoms with Crippen LogP contribution in [-0.2, 0) is 16.0 Å². The lowest BCUT2D eigenvalue weighted by atomic mass is 10.0. The molecule has 2 aromatic rings. The summed E-state index contributed by atoms with van der Waals surface area (Å²) in [6.07, 6.45) is 6.80. The molecule has 1 amide bonds. The predicted octanol–water partition coefficient (Wildman–Crippen LogP) is 4.08. The normalized spacial score (nSPS) is 12.4. The standard InChI is InChI=1S/C18H21NO.C11H25N3O/c1-14(2)19-18(13-20)12-15-8-10-17(11-9-15)16-6-4-3-5-7-16;1-3-4-5-9-14-11(15)10(12)7-6-8-13-2/h3-11,13-14,18-19H,12H2,1-2H3;10,13H,3-9,12H2,1-2H3,(H,14,15). The second-order valence-corrected chi connectivity index (χ2v) is 9.18. The van der Waals surface area contributed by atoms with Crippen LogP contribution < -0.4 is 21.7 Å². The Morgan fingerprint density at radius 3 is 2.17 bits per heavy atom. The van der Waals surface area contributed by atoms with Crippen LogP contribution in [0.3, 0.4) is 0 Å². The van der Waals surface area contributed by atoms with Gasteiger partial charge in [0.2, 0.25) is 5.91 Å². The molecule has 6 heteroatoms. The third kappa shape index (κ3) is 13.8. The van der Waals surface area contributed by atoms with E-state index < -0.39 is 0 Å². The fraction of sp³-hybridized carbons (Fsp3) is 0.517. The molecule has 6 nitrogen and oxygen atoms in total. The summed E-state index contributed by atoms with van der Waals surface area (Å²) in [5, 5.41) is 9.15. The summed E-state index contributed by atoms with van der Waals surface area (Å²) in [6, 6.07) is 18.6. The quantitative estimate of drug-likeness (QED) is 0.227. The largest absolute Gasteiger partial charge is 0.355 e. The number of carbonyl (C=O) groups is 2. The Morgan fingerprint density at radius 1 is 0.943 bits per heavy atom. The van der Waals surface area contributed by atoms with Crippen molar-refractivity contribution < 1.29 is 9.59 Å². The summed E-state index contributed by atoms with van der Waals surface area (Å²) in [5.41, 5.74) is 9.33. The number of aldehydes is 1. The molecular formula is C29H46N4O2. The van der Waals surface area contributed by atoms with Crippen molar-refractivity contribution in [1.29, 1.82) is 0 Å². The second kappa shape index (κ2) is 18.7. The van der Waals surface area contributed by atoms with Crippen LogP contribution in [0, 0.1) is 0 Å². The first-order valence-electron chi connectivity index (χ1n) is 12.9. The minimum absolute atomic E-state index is 0.0118. The van der Waals surface area contributed by atoms with Gasteiger partial charge >= 0.3 is 0 Å². The zero-order chi connectivity index (χ0) is 25.9. The Balaban J connectivity index is 0.000000367. The highest BCUT2D eigenvalue weighted by atomic mass is 16.2. The summed E-state index contributed by atoms with van der Waals surface area (Å²) in [5.74, 6) is -0.0118. The van der Waals surface area contributed by atoms with Crippen LogP contribution in [0.2, 0.25) is 0 Å². The van der Waals surface area contributed by atoms with E-state index in [1.165, 1.54) is 23.1 Å². The maximum atomic E-state index is 11.4. The van der Waals surface area contributed by atoms with Gasteiger partial charge in [0.05, 0.1) is 12.1 Å². The van der Waals surface area contributed by atoms with Crippen LogP contribution in [0.25, 0.3) is 11.1 Å². The van der Waals surface area contributed by atoms with Crippen LogP contribution in [0.15, 0.2) is 54.6 Å². The summed E-state index contributed by atoms with van der Waals surface area (Å²) in [4.78, 5) is 22.5. The van der Waals surface area contributed by atoms with Crippen LogP contribution >= 0.6 is 0 Å². The lowest BCUT2D eigenvalue weighted by Gasteiger charge is -2.15. The van der Waals surface area contributed by atoms with E-state index in [-0.39, 0.29) is 18.0 Å². The molecule has 194 valence electrons. The van der Waals surface area contributed by atoms with E-state index in [0.717, 1.165) is 51.5 Å². The van der Waals surface area contributed by atoms with Crippen molar-refractivity contribution in [3.8, 4) is 11.1 Å². The smallest absolute Gasteiger partial charge is 0.236 e. The minimum Gasteiger partial charge on any atom is -0.355 e. The molecule has 0 aliphatic carbocycles. The zero-order valence-corrected chi connectivity index (χ0v) is 22.1. The molecule has 0 aliphatic heterocycles. The molecule has 35 heavy (non-hydrogen) atoms. The fourth-order valence-corrected chi connectivity index (χ4v) is 3.64. The lowest BCUT2D eigenvalue weighted by molar-refractivity contribution is -0.122. The first-order chi connectivity index (χ1) is 16.9. The van der Waals surface area contributed by atoms with E-state index in [1.54, 1.807) is 0 Å². The van der Waals surface area contributed by atoms with Crippen LogP contribution in [0.5, 0.6) is 0 Å². The van der Waals surface area contributed by atoms with Crippen molar-refractivity contribution in [2.75, 3.05) is 20.1 Å². The highest BCUT2D eigenvalue weighted by molar-refractivity contribution is 5.81. The van der Waals surface area contributed by atoms with Crippen molar-refractivity contribution in [1.82, 2.24) is 16.0 Å². The van der Waals surface area contributed by atoms with Gasteiger partial charge in [-0.15, -0.1) is 0 Å². The molecule has 2 unspecified atom stereocenters. The first kappa shape index (κ1) is 30.5. The van der Waals surface area contributed by atoms with Crippen molar-refractivity contribution in [3.63, 3.8) is 0 Å². The topological polar surface area (TPSA) is 96.2 Å². The minimum atomic E-state index is -0.347. The Morgan fingerprint density at radius 2 is 1.60 bits per heavy atom. The van der Waals surface area contributed by atoms with Gasteiger partial charge in [0.15, 0.2) is 0 Å². The highest BCUT2D eigenvalue weighted by Gasteiger charge is 2.11. The molecule has 0 spiro atoms. The predicted molar refractivity (Wildman–Crippen MR) is 147 cm³/mol. The van der Waals surface area contributed by atoms with E-state index in [4.69, 9.17) is 5.73 Å². The van der Waals surface area contributed by atoms with Crippen LogP contribution in [0.4, 0.5) is 0 Å². The highest BCUT2D eigenvalue weighted by Crippen LogP contribution is 2.19. The molecule has 2 rings (SSSR count). The number of amides is 1. The number of carbonyl (C=O) groups excluding carboxylic acids is 2. The number of hydrogen-bond donors (Lipinski definition) is 4. The van der Waals surface area contributed by atoms with Gasteiger partial charge in [-0.05, 0) is 56.0 Å². The Labute approximate surface area is 212 Å². The fourth-order valence-electron chi connectivity index (χ4n) is 3.64. The van der Waals surface area contributed by atoms with Crippen molar-refractivity contribution >= 4 is 12.2 Å². The summed E-state index contributed by atoms with van der Waals surface area (Å²) < 4.78 is 0. The Hall–Kier alpha value is -2.54. The summed E-state index contributed by atoms with van der Waals surface area (Å²) in [6.45, 7) is 7.92. The molecule has 0 saturated carbocycles. The molecule has 5 N–H and O–H groups in total. The molecule has 2 aromatic carbocycles. The second-order valence-electron chi connectivity index (χ2n) is 9.18. The molecular weight excluding hydrogens is 436 g/mol. The van der Waals surface area contributed by atoms with E-state index in [9.17, 15) is 9.59 Å². The number of nitrogens with two attached hydrogens (primary N) is 1. The van der Waals surface area contributed by atoms with Gasteiger partial charge in [0.25, 0.3) is 0 Å². The molecule has 0 bridgehead atoms. The van der Waals surface area contributed by atoms with Gasteiger partial charge in [0, 0.05) is 12.6 Å². The van der Waals surface area contributed by atoms with Gasteiger partial charge < -0.3 is 26.5 Å². The number of benzene rings is 2. The van der Waals surface area contributed by atoms with Crippen molar-refractivity contribution in [2.24, 2.45) is 5.73 Å². The molecule has 0 saturated heterocycles. The molecule has 0 fully saturated rings. The van der Waals surface area contributed by atoms with Gasteiger partial charge in [-0.1, -0.05) is 88.2 Å². The SMILES string of the molecule is CC(C)NC(C=O)Cc1ccc(-c2ccccc2)cc1.CCCCCNC(=O)C(N)CCCNC. The molecule has 0 aromatic heterocycles. The van der Waals surface area contributed by atoms with Crippen LogP contribution in [-0.4, -0.2) is 50.5 Å². The monoisotopic (exact) mass is 482 g/mol. The molecule has 0 radical (unpaired) electrons. The number of hydrogen-bond acceptors (Lipinski definition) is 5. The Bertz CT molecular complexity index is 809. The lowest BCUT2D eigenvalue weighted by Crippen LogP contribution is -2.41. The number of rotatable bonds is 15. The van der Waals surface area contributed by atoms with Crippen molar-refractivity contribution in [3.05, 3.63) is 60.2 Å². The first-order valence-corrected chi connectivity index (χ1v) is 12.9. The average Bonchev–Trinajstić information content (AvgIpc) is 2.87. The van der Waals surface area contributed by atoms with E-state index in [1.807, 2.05) is 25.2 Å². The third-order valence-corrected chi connectivity index (χ3v) is 5.59. The number of unbranched alkanes of at least 4 members (excludes halogenated alkanes) is 2. The summed E-state index contributed by atoms with van der Waals surface area (Å²) >= 11 is 0. The van der Waals surface area contributed by atoms with Gasteiger partial charge in [0.1, 0.15) is 6.29 Å². The zero-order valence-electron chi connectivity index (χ0n) is 22.1. The third-order valence-electron chi connectivity index (χ3n) is 5.59. The van der Waals surface area contributed by atoms with Gasteiger partial charge in [-0.2, -0.15) is 0 Å². The van der Waals surface area contributed by atoms with Crippen LogP contribution in [0.1, 0.15) is 58.4 Å². The van der Waals surface area contributed by atoms with Gasteiger partial charge in [-0.3, -0.25) is 4.79 Å². The van der Waals surface area contributed by atoms with E-state index in [2.05, 4.69) is 73.1 Å².